The lowest BCUT2D eigenvalue weighted by atomic mass is 9.93. The molecule has 0 aliphatic carbocycles. The van der Waals surface area contributed by atoms with Crippen LogP contribution in [0.2, 0.25) is 0 Å². The zero-order valence-corrected chi connectivity index (χ0v) is 11.9. The fourth-order valence-electron chi connectivity index (χ4n) is 2.94. The predicted octanol–water partition coefficient (Wildman–Crippen LogP) is 4.85. The molecule has 4 rings (SSSR count). The molecule has 3 aromatic rings. The van der Waals surface area contributed by atoms with Crippen molar-refractivity contribution >= 4 is 17.1 Å². The molecule has 2 aromatic carbocycles. The van der Waals surface area contributed by atoms with Crippen molar-refractivity contribution in [2.75, 3.05) is 0 Å². The molecule has 0 N–H and O–H groups in total. The number of rotatable bonds is 1. The van der Waals surface area contributed by atoms with Crippen molar-refractivity contribution in [1.29, 1.82) is 0 Å². The monoisotopic (exact) mass is 312 g/mol. The second-order valence-electron chi connectivity index (χ2n) is 5.44. The number of aliphatic imine (C=N–C) groups is 1. The third-order valence-corrected chi connectivity index (χ3v) is 4.00. The summed E-state index contributed by atoms with van der Waals surface area (Å²) in [6.07, 6.45) is -1.09. The van der Waals surface area contributed by atoms with Crippen molar-refractivity contribution in [1.82, 2.24) is 4.98 Å². The first-order valence-electron chi connectivity index (χ1n) is 7.12. The van der Waals surface area contributed by atoms with Crippen LogP contribution in [0.5, 0.6) is 0 Å². The number of alkyl halides is 3. The highest BCUT2D eigenvalue weighted by molar-refractivity contribution is 6.01. The Balaban J connectivity index is 2.05. The molecule has 0 spiro atoms. The van der Waals surface area contributed by atoms with Gasteiger partial charge in [-0.15, -0.1) is 0 Å². The van der Waals surface area contributed by atoms with E-state index in [2.05, 4.69) is 9.98 Å². The highest BCUT2D eigenvalue weighted by atomic mass is 19.4. The summed E-state index contributed by atoms with van der Waals surface area (Å²) in [7, 11) is 0. The van der Waals surface area contributed by atoms with Gasteiger partial charge in [0.1, 0.15) is 0 Å². The highest BCUT2D eigenvalue weighted by Crippen LogP contribution is 2.38. The normalized spacial score (nSPS) is 13.5. The van der Waals surface area contributed by atoms with Crippen LogP contribution in [0.4, 0.5) is 13.2 Å². The average Bonchev–Trinajstić information content (AvgIpc) is 3.01. The van der Waals surface area contributed by atoms with Crippen molar-refractivity contribution in [3.63, 3.8) is 0 Å². The van der Waals surface area contributed by atoms with Crippen LogP contribution in [0, 0.1) is 0 Å². The van der Waals surface area contributed by atoms with Gasteiger partial charge in [-0.2, -0.15) is 13.2 Å². The van der Waals surface area contributed by atoms with Crippen molar-refractivity contribution in [2.45, 2.75) is 12.7 Å². The third-order valence-electron chi connectivity index (χ3n) is 4.00. The molecule has 0 atom stereocenters. The molecule has 0 fully saturated rings. The molecule has 23 heavy (non-hydrogen) atoms. The topological polar surface area (TPSA) is 25.2 Å². The minimum atomic E-state index is -4.38. The summed E-state index contributed by atoms with van der Waals surface area (Å²) in [4.78, 5) is 8.48. The maximum absolute atomic E-state index is 13.2. The van der Waals surface area contributed by atoms with Crippen molar-refractivity contribution < 1.29 is 13.2 Å². The van der Waals surface area contributed by atoms with Gasteiger partial charge >= 0.3 is 6.18 Å². The lowest BCUT2D eigenvalue weighted by Gasteiger charge is -2.14. The molecule has 0 radical (unpaired) electrons. The molecule has 0 bridgehead atoms. The largest absolute Gasteiger partial charge is 0.416 e. The molecule has 0 amide bonds. The summed E-state index contributed by atoms with van der Waals surface area (Å²) in [5.74, 6) is 0. The zero-order valence-electron chi connectivity index (χ0n) is 11.9. The molecule has 2 nitrogen and oxygen atoms in total. The van der Waals surface area contributed by atoms with Crippen LogP contribution in [0.25, 0.3) is 22.0 Å². The van der Waals surface area contributed by atoms with Crippen LogP contribution < -0.4 is 0 Å². The Morgan fingerprint density at radius 3 is 2.61 bits per heavy atom. The summed E-state index contributed by atoms with van der Waals surface area (Å²) in [5.41, 5.74) is 2.61. The molecule has 1 aliphatic rings. The van der Waals surface area contributed by atoms with Crippen molar-refractivity contribution in [2.24, 2.45) is 4.99 Å². The Morgan fingerprint density at radius 2 is 1.78 bits per heavy atom. The minimum absolute atomic E-state index is 0.282. The SMILES string of the molecule is FC(F)(F)c1cc2c(c(-c3cccc4cccnc34)c1)C=NC2. The van der Waals surface area contributed by atoms with E-state index in [1.165, 1.54) is 12.1 Å². The third kappa shape index (κ3) is 2.29. The highest BCUT2D eigenvalue weighted by Gasteiger charge is 2.32. The fourth-order valence-corrected chi connectivity index (χ4v) is 2.94. The predicted molar refractivity (Wildman–Crippen MR) is 83.5 cm³/mol. The van der Waals surface area contributed by atoms with Gasteiger partial charge in [0.05, 0.1) is 17.6 Å². The van der Waals surface area contributed by atoms with Crippen LogP contribution >= 0.6 is 0 Å². The van der Waals surface area contributed by atoms with Gasteiger partial charge in [-0.05, 0) is 29.3 Å². The van der Waals surface area contributed by atoms with Gasteiger partial charge in [-0.25, -0.2) is 0 Å². The molecule has 0 saturated carbocycles. The second kappa shape index (κ2) is 4.91. The maximum Gasteiger partial charge on any atom is 0.416 e. The van der Waals surface area contributed by atoms with E-state index in [-0.39, 0.29) is 6.54 Å². The van der Waals surface area contributed by atoms with Crippen LogP contribution in [0.15, 0.2) is 53.7 Å². The van der Waals surface area contributed by atoms with E-state index in [0.29, 0.717) is 22.2 Å². The van der Waals surface area contributed by atoms with E-state index in [4.69, 9.17) is 0 Å². The van der Waals surface area contributed by atoms with Crippen LogP contribution in [-0.4, -0.2) is 11.2 Å². The van der Waals surface area contributed by atoms with E-state index in [1.807, 2.05) is 24.3 Å². The number of halogens is 3. The molecule has 0 unspecified atom stereocenters. The summed E-state index contributed by atoms with van der Waals surface area (Å²) >= 11 is 0. The molecule has 0 saturated heterocycles. The van der Waals surface area contributed by atoms with Crippen LogP contribution in [0.1, 0.15) is 16.7 Å². The van der Waals surface area contributed by atoms with Gasteiger partial charge in [-0.3, -0.25) is 9.98 Å². The first-order chi connectivity index (χ1) is 11.0. The first-order valence-corrected chi connectivity index (χ1v) is 7.12. The molecule has 5 heteroatoms. The maximum atomic E-state index is 13.2. The minimum Gasteiger partial charge on any atom is -0.288 e. The molecular weight excluding hydrogens is 301 g/mol. The average molecular weight is 312 g/mol. The second-order valence-corrected chi connectivity index (χ2v) is 5.44. The Kier molecular flexibility index (Phi) is 2.98. The number of pyridine rings is 1. The number of benzene rings is 2. The van der Waals surface area contributed by atoms with Crippen molar-refractivity contribution in [3.05, 3.63) is 65.4 Å². The Bertz CT molecular complexity index is 937. The molecular formula is C18H11F3N2. The quantitative estimate of drug-likeness (QED) is 0.630. The number of fused-ring (bicyclic) bond motifs is 2. The Labute approximate surface area is 130 Å². The molecule has 114 valence electrons. The molecule has 1 aliphatic heterocycles. The zero-order chi connectivity index (χ0) is 16.0. The van der Waals surface area contributed by atoms with Gasteiger partial charge < -0.3 is 0 Å². The lowest BCUT2D eigenvalue weighted by molar-refractivity contribution is -0.137. The van der Waals surface area contributed by atoms with E-state index in [0.717, 1.165) is 10.9 Å². The van der Waals surface area contributed by atoms with Crippen LogP contribution in [0.3, 0.4) is 0 Å². The fraction of sp³-hybridized carbons (Fsp3) is 0.111. The smallest absolute Gasteiger partial charge is 0.288 e. The van der Waals surface area contributed by atoms with Gasteiger partial charge in [0, 0.05) is 28.9 Å². The van der Waals surface area contributed by atoms with Gasteiger partial charge in [-0.1, -0.05) is 24.3 Å². The molecule has 1 aromatic heterocycles. The summed E-state index contributed by atoms with van der Waals surface area (Å²) in [6, 6.07) is 11.6. The first kappa shape index (κ1) is 13.9. The number of hydrogen-bond acceptors (Lipinski definition) is 2. The van der Waals surface area contributed by atoms with E-state index < -0.39 is 11.7 Å². The summed E-state index contributed by atoms with van der Waals surface area (Å²) < 4.78 is 39.6. The summed E-state index contributed by atoms with van der Waals surface area (Å²) in [5, 5.41) is 0.895. The van der Waals surface area contributed by atoms with E-state index in [9.17, 15) is 13.2 Å². The van der Waals surface area contributed by atoms with Crippen LogP contribution in [-0.2, 0) is 12.7 Å². The number of hydrogen-bond donors (Lipinski definition) is 0. The van der Waals surface area contributed by atoms with Gasteiger partial charge in [0.2, 0.25) is 0 Å². The lowest BCUT2D eigenvalue weighted by Crippen LogP contribution is -2.07. The Morgan fingerprint density at radius 1 is 0.957 bits per heavy atom. The van der Waals surface area contributed by atoms with Gasteiger partial charge in [0.15, 0.2) is 0 Å². The number of para-hydroxylation sites is 1. The molecule has 2 heterocycles. The van der Waals surface area contributed by atoms with Gasteiger partial charge in [0.25, 0.3) is 0 Å². The number of aromatic nitrogens is 1. The van der Waals surface area contributed by atoms with E-state index >= 15 is 0 Å². The van der Waals surface area contributed by atoms with Crippen molar-refractivity contribution in [3.8, 4) is 11.1 Å². The number of nitrogens with zero attached hydrogens (tertiary/aromatic N) is 2. The Hall–Kier alpha value is -2.69. The summed E-state index contributed by atoms with van der Waals surface area (Å²) in [6.45, 7) is 0.282. The standard InChI is InChI=1S/C18H11F3N2/c19-18(20,21)13-7-12-9-22-10-16(12)15(8-13)14-5-1-3-11-4-2-6-23-17(11)14/h1-8,10H,9H2. The van der Waals surface area contributed by atoms with E-state index in [1.54, 1.807) is 18.5 Å².